The van der Waals surface area contributed by atoms with Gasteiger partial charge in [-0.1, -0.05) is 79.7 Å². The SMILES string of the molecule is CCc1ccc2c3c(C(N)=O)cccc3n(Cc3ccc(C(=O)c4ccccc4)cc3)c2c1. The largest absolute Gasteiger partial charge is 0.366 e. The van der Waals surface area contributed by atoms with Gasteiger partial charge in [-0.15, -0.1) is 0 Å². The summed E-state index contributed by atoms with van der Waals surface area (Å²) in [5, 5.41) is 1.91. The van der Waals surface area contributed by atoms with Crippen LogP contribution < -0.4 is 5.73 Å². The molecule has 0 unspecified atom stereocenters. The Morgan fingerprint density at radius 3 is 2.15 bits per heavy atom. The van der Waals surface area contributed by atoms with Gasteiger partial charge < -0.3 is 10.3 Å². The fraction of sp³-hybridized carbons (Fsp3) is 0.103. The maximum Gasteiger partial charge on any atom is 0.249 e. The molecule has 0 aliphatic carbocycles. The van der Waals surface area contributed by atoms with Gasteiger partial charge in [-0.25, -0.2) is 0 Å². The summed E-state index contributed by atoms with van der Waals surface area (Å²) in [5.41, 5.74) is 11.9. The summed E-state index contributed by atoms with van der Waals surface area (Å²) in [5.74, 6) is -0.416. The molecule has 0 saturated heterocycles. The Kier molecular flexibility index (Phi) is 5.27. The van der Waals surface area contributed by atoms with Crippen LogP contribution in [-0.4, -0.2) is 16.3 Å². The Labute approximate surface area is 192 Å². The van der Waals surface area contributed by atoms with Crippen molar-refractivity contribution < 1.29 is 9.59 Å². The third kappa shape index (κ3) is 3.70. The minimum absolute atomic E-state index is 0.0118. The number of aryl methyl sites for hydroxylation is 1. The first kappa shape index (κ1) is 20.7. The second kappa shape index (κ2) is 8.40. The number of primary amides is 1. The van der Waals surface area contributed by atoms with E-state index >= 15 is 0 Å². The predicted octanol–water partition coefficient (Wildman–Crippen LogP) is 5.74. The molecule has 0 aliphatic heterocycles. The van der Waals surface area contributed by atoms with Gasteiger partial charge in [0.1, 0.15) is 0 Å². The number of nitrogens with two attached hydrogens (primary N) is 1. The molecule has 0 atom stereocenters. The summed E-state index contributed by atoms with van der Waals surface area (Å²) in [6.07, 6.45) is 0.927. The highest BCUT2D eigenvalue weighted by molar-refractivity contribution is 6.18. The second-order valence-electron chi connectivity index (χ2n) is 8.25. The van der Waals surface area contributed by atoms with Crippen molar-refractivity contribution in [3.8, 4) is 0 Å². The number of amides is 1. The molecule has 162 valence electrons. The number of ketones is 1. The average molecular weight is 433 g/mol. The lowest BCUT2D eigenvalue weighted by Gasteiger charge is -2.10. The molecule has 0 saturated carbocycles. The highest BCUT2D eigenvalue weighted by atomic mass is 16.1. The van der Waals surface area contributed by atoms with Crippen molar-refractivity contribution in [2.45, 2.75) is 19.9 Å². The van der Waals surface area contributed by atoms with E-state index in [4.69, 9.17) is 5.73 Å². The van der Waals surface area contributed by atoms with Crippen molar-refractivity contribution in [3.05, 3.63) is 119 Å². The van der Waals surface area contributed by atoms with Crippen LogP contribution in [0.15, 0.2) is 91.0 Å². The van der Waals surface area contributed by atoms with Gasteiger partial charge in [0.15, 0.2) is 5.78 Å². The van der Waals surface area contributed by atoms with Crippen molar-refractivity contribution in [1.82, 2.24) is 4.57 Å². The zero-order chi connectivity index (χ0) is 22.9. The molecule has 1 heterocycles. The molecular formula is C29H24N2O2. The smallest absolute Gasteiger partial charge is 0.249 e. The van der Waals surface area contributed by atoms with Crippen LogP contribution >= 0.6 is 0 Å². The third-order valence-corrected chi connectivity index (χ3v) is 6.22. The van der Waals surface area contributed by atoms with Crippen LogP contribution in [0.3, 0.4) is 0 Å². The molecule has 1 aromatic heterocycles. The quantitative estimate of drug-likeness (QED) is 0.348. The standard InChI is InChI=1S/C29H24N2O2/c1-2-19-13-16-23-26(17-19)31(25-10-6-9-24(27(23)25)29(30)33)18-20-11-14-22(15-12-20)28(32)21-7-4-3-5-8-21/h3-17H,2,18H2,1H3,(H2,30,33). The van der Waals surface area contributed by atoms with E-state index in [-0.39, 0.29) is 5.78 Å². The summed E-state index contributed by atoms with van der Waals surface area (Å²) >= 11 is 0. The van der Waals surface area contributed by atoms with E-state index < -0.39 is 5.91 Å². The summed E-state index contributed by atoms with van der Waals surface area (Å²) < 4.78 is 2.23. The number of hydrogen-bond donors (Lipinski definition) is 1. The number of aromatic nitrogens is 1. The molecular weight excluding hydrogens is 408 g/mol. The fourth-order valence-electron chi connectivity index (χ4n) is 4.49. The number of hydrogen-bond acceptors (Lipinski definition) is 2. The second-order valence-corrected chi connectivity index (χ2v) is 8.25. The van der Waals surface area contributed by atoms with E-state index in [1.807, 2.05) is 66.7 Å². The number of benzene rings is 4. The summed E-state index contributed by atoms with van der Waals surface area (Å²) in [4.78, 5) is 24.9. The molecule has 0 radical (unpaired) electrons. The van der Waals surface area contributed by atoms with E-state index in [0.717, 1.165) is 33.8 Å². The molecule has 4 aromatic carbocycles. The van der Waals surface area contributed by atoms with Crippen LogP contribution in [0.1, 0.15) is 44.3 Å². The molecule has 4 heteroatoms. The zero-order valence-electron chi connectivity index (χ0n) is 18.4. The molecule has 2 N–H and O–H groups in total. The lowest BCUT2D eigenvalue weighted by molar-refractivity contribution is 0.1000. The molecule has 1 amide bonds. The first-order valence-corrected chi connectivity index (χ1v) is 11.1. The average Bonchev–Trinajstić information content (AvgIpc) is 3.17. The van der Waals surface area contributed by atoms with Crippen molar-refractivity contribution in [2.24, 2.45) is 5.73 Å². The van der Waals surface area contributed by atoms with Crippen molar-refractivity contribution in [2.75, 3.05) is 0 Å². The Hall–Kier alpha value is -4.18. The van der Waals surface area contributed by atoms with Gasteiger partial charge in [0, 0.05) is 39.5 Å². The number of fused-ring (bicyclic) bond motifs is 3. The number of carbonyl (C=O) groups excluding carboxylic acids is 2. The first-order chi connectivity index (χ1) is 16.1. The van der Waals surface area contributed by atoms with Gasteiger partial charge in [0.05, 0.1) is 5.52 Å². The normalized spacial score (nSPS) is 11.2. The van der Waals surface area contributed by atoms with Crippen LogP contribution in [0.25, 0.3) is 21.8 Å². The van der Waals surface area contributed by atoms with Gasteiger partial charge in [0.2, 0.25) is 5.91 Å². The summed E-state index contributed by atoms with van der Waals surface area (Å²) in [6, 6.07) is 29.1. The maximum atomic E-state index is 12.7. The Morgan fingerprint density at radius 1 is 0.758 bits per heavy atom. The van der Waals surface area contributed by atoms with Crippen molar-refractivity contribution >= 4 is 33.5 Å². The highest BCUT2D eigenvalue weighted by Gasteiger charge is 2.17. The molecule has 5 aromatic rings. The maximum absolute atomic E-state index is 12.7. The van der Waals surface area contributed by atoms with Crippen LogP contribution in [0.2, 0.25) is 0 Å². The van der Waals surface area contributed by atoms with E-state index in [1.165, 1.54) is 5.56 Å². The van der Waals surface area contributed by atoms with Gasteiger partial charge in [-0.2, -0.15) is 0 Å². The van der Waals surface area contributed by atoms with E-state index in [0.29, 0.717) is 23.2 Å². The highest BCUT2D eigenvalue weighted by Crippen LogP contribution is 2.33. The Balaban J connectivity index is 1.59. The van der Waals surface area contributed by atoms with Gasteiger partial charge >= 0.3 is 0 Å². The van der Waals surface area contributed by atoms with Crippen molar-refractivity contribution in [1.29, 1.82) is 0 Å². The van der Waals surface area contributed by atoms with Crippen LogP contribution in [-0.2, 0) is 13.0 Å². The Morgan fingerprint density at radius 2 is 1.45 bits per heavy atom. The molecule has 5 rings (SSSR count). The predicted molar refractivity (Wildman–Crippen MR) is 133 cm³/mol. The lowest BCUT2D eigenvalue weighted by Crippen LogP contribution is -2.11. The van der Waals surface area contributed by atoms with Gasteiger partial charge in [-0.05, 0) is 35.7 Å². The number of rotatable bonds is 6. The zero-order valence-corrected chi connectivity index (χ0v) is 18.4. The summed E-state index contributed by atoms with van der Waals surface area (Å²) in [6.45, 7) is 2.75. The molecule has 0 bridgehead atoms. The fourth-order valence-corrected chi connectivity index (χ4v) is 4.49. The number of carbonyl (C=O) groups is 2. The summed E-state index contributed by atoms with van der Waals surface area (Å²) in [7, 11) is 0. The first-order valence-electron chi connectivity index (χ1n) is 11.1. The molecule has 33 heavy (non-hydrogen) atoms. The molecule has 0 spiro atoms. The number of nitrogens with zero attached hydrogens (tertiary/aromatic N) is 1. The molecule has 4 nitrogen and oxygen atoms in total. The minimum Gasteiger partial charge on any atom is -0.366 e. The van der Waals surface area contributed by atoms with Crippen LogP contribution in [0.5, 0.6) is 0 Å². The van der Waals surface area contributed by atoms with E-state index in [9.17, 15) is 9.59 Å². The van der Waals surface area contributed by atoms with Gasteiger partial charge in [0.25, 0.3) is 0 Å². The monoisotopic (exact) mass is 432 g/mol. The molecule has 0 aliphatic rings. The van der Waals surface area contributed by atoms with E-state index in [2.05, 4.69) is 29.7 Å². The van der Waals surface area contributed by atoms with E-state index in [1.54, 1.807) is 6.07 Å². The molecule has 0 fully saturated rings. The lowest BCUT2D eigenvalue weighted by atomic mass is 10.0. The third-order valence-electron chi connectivity index (χ3n) is 6.22. The van der Waals surface area contributed by atoms with Crippen LogP contribution in [0.4, 0.5) is 0 Å². The topological polar surface area (TPSA) is 65.1 Å². The van der Waals surface area contributed by atoms with Crippen LogP contribution in [0, 0.1) is 0 Å². The van der Waals surface area contributed by atoms with Crippen molar-refractivity contribution in [3.63, 3.8) is 0 Å². The van der Waals surface area contributed by atoms with Gasteiger partial charge in [-0.3, -0.25) is 9.59 Å². The minimum atomic E-state index is -0.428. The Bertz CT molecular complexity index is 1500.